The van der Waals surface area contributed by atoms with E-state index in [4.69, 9.17) is 14.2 Å². The van der Waals surface area contributed by atoms with Crippen molar-refractivity contribution in [3.8, 4) is 0 Å². The number of piperidine rings is 1. The first kappa shape index (κ1) is 22.1. The molecule has 3 spiro atoms. The summed E-state index contributed by atoms with van der Waals surface area (Å²) in [5, 5.41) is 11.1. The van der Waals surface area contributed by atoms with Gasteiger partial charge in [0.2, 0.25) is 0 Å². The maximum absolute atomic E-state index is 11.1. The van der Waals surface area contributed by atoms with Gasteiger partial charge in [0.1, 0.15) is 18.5 Å². The predicted molar refractivity (Wildman–Crippen MR) is 134 cm³/mol. The topological polar surface area (TPSA) is 51.2 Å². The van der Waals surface area contributed by atoms with Crippen molar-refractivity contribution in [1.82, 2.24) is 4.90 Å². The van der Waals surface area contributed by atoms with E-state index >= 15 is 0 Å². The van der Waals surface area contributed by atoms with Crippen LogP contribution in [0.3, 0.4) is 0 Å². The molecule has 7 aliphatic rings. The number of hydrogen-bond acceptors (Lipinski definition) is 5. The number of fused-ring (bicyclic) bond motifs is 2. The van der Waals surface area contributed by atoms with Gasteiger partial charge in [-0.2, -0.15) is 0 Å². The average Bonchev–Trinajstić information content (AvgIpc) is 3.18. The van der Waals surface area contributed by atoms with Crippen LogP contribution in [0.15, 0.2) is 66.2 Å². The second-order valence-electron chi connectivity index (χ2n) is 12.1. The number of likely N-dealkylation sites (tertiary alicyclic amines) is 1. The first-order chi connectivity index (χ1) is 16.9. The highest BCUT2D eigenvalue weighted by molar-refractivity contribution is 5.49. The molecular formula is C30H37NO4. The van der Waals surface area contributed by atoms with Crippen molar-refractivity contribution in [2.45, 2.75) is 75.2 Å². The molecule has 5 bridgehead atoms. The summed E-state index contributed by atoms with van der Waals surface area (Å²) in [7, 11) is 2.30. The van der Waals surface area contributed by atoms with Crippen LogP contribution in [-0.4, -0.2) is 53.7 Å². The summed E-state index contributed by atoms with van der Waals surface area (Å²) in [6, 6.07) is 11.2. The molecule has 4 aliphatic carbocycles. The molecule has 1 aromatic rings. The minimum Gasteiger partial charge on any atom is -0.504 e. The normalized spacial score (nSPS) is 49.3. The minimum absolute atomic E-state index is 0.0172. The smallest absolute Gasteiger partial charge is 0.164 e. The second-order valence-corrected chi connectivity index (χ2v) is 12.1. The molecule has 7 atom stereocenters. The summed E-state index contributed by atoms with van der Waals surface area (Å²) >= 11 is 0. The van der Waals surface area contributed by atoms with Crippen LogP contribution in [-0.2, 0) is 20.6 Å². The number of allylic oxidation sites excluding steroid dienone is 3. The SMILES string of the molecule is C=C1/C2=C(O)\C=C/CC[C@H]3N(C)CC[C@@]14[C@@H](O2)[C@@]12CC[C@@]34C[C@@H]1[C@](C)(Cc1ccccc1)OCO2. The fraction of sp³-hybridized carbons (Fsp3) is 0.600. The van der Waals surface area contributed by atoms with Gasteiger partial charge < -0.3 is 24.2 Å². The number of aliphatic hydroxyl groups excluding tert-OH is 1. The van der Waals surface area contributed by atoms with Gasteiger partial charge in [0.05, 0.1) is 5.60 Å². The van der Waals surface area contributed by atoms with Gasteiger partial charge in [-0.05, 0) is 76.1 Å². The van der Waals surface area contributed by atoms with E-state index in [0.29, 0.717) is 11.8 Å². The maximum Gasteiger partial charge on any atom is 0.164 e. The van der Waals surface area contributed by atoms with Crippen LogP contribution in [0.4, 0.5) is 0 Å². The predicted octanol–water partition coefficient (Wildman–Crippen LogP) is 5.30. The lowest BCUT2D eigenvalue weighted by Crippen LogP contribution is -2.80. The Morgan fingerprint density at radius 1 is 1.14 bits per heavy atom. The minimum atomic E-state index is -0.438. The summed E-state index contributed by atoms with van der Waals surface area (Å²) < 4.78 is 20.2. The Kier molecular flexibility index (Phi) is 4.58. The molecule has 186 valence electrons. The molecular weight excluding hydrogens is 438 g/mol. The van der Waals surface area contributed by atoms with E-state index < -0.39 is 5.60 Å². The highest BCUT2D eigenvalue weighted by atomic mass is 16.7. The lowest BCUT2D eigenvalue weighted by Gasteiger charge is -2.74. The Morgan fingerprint density at radius 2 is 1.97 bits per heavy atom. The van der Waals surface area contributed by atoms with Crippen LogP contribution in [0.25, 0.3) is 0 Å². The Balaban J connectivity index is 1.43. The second kappa shape index (κ2) is 7.24. The van der Waals surface area contributed by atoms with Crippen molar-refractivity contribution in [2.75, 3.05) is 20.4 Å². The van der Waals surface area contributed by atoms with Crippen LogP contribution < -0.4 is 0 Å². The lowest BCUT2D eigenvalue weighted by molar-refractivity contribution is -0.383. The van der Waals surface area contributed by atoms with E-state index in [1.807, 2.05) is 6.08 Å². The molecule has 5 heteroatoms. The third kappa shape index (κ3) is 2.60. The van der Waals surface area contributed by atoms with Crippen LogP contribution >= 0.6 is 0 Å². The van der Waals surface area contributed by atoms with Gasteiger partial charge in [-0.15, -0.1) is 0 Å². The third-order valence-corrected chi connectivity index (χ3v) is 10.9. The van der Waals surface area contributed by atoms with E-state index in [2.05, 4.69) is 61.9 Å². The van der Waals surface area contributed by atoms with E-state index in [0.717, 1.165) is 57.1 Å². The summed E-state index contributed by atoms with van der Waals surface area (Å²) in [4.78, 5) is 2.60. The van der Waals surface area contributed by atoms with Crippen molar-refractivity contribution < 1.29 is 19.3 Å². The molecule has 0 unspecified atom stereocenters. The Hall–Kier alpha value is -2.08. The monoisotopic (exact) mass is 475 g/mol. The van der Waals surface area contributed by atoms with Gasteiger partial charge in [0.25, 0.3) is 0 Å². The molecule has 6 fully saturated rings. The molecule has 0 amide bonds. The van der Waals surface area contributed by atoms with Gasteiger partial charge >= 0.3 is 0 Å². The third-order valence-electron chi connectivity index (χ3n) is 10.9. The van der Waals surface area contributed by atoms with Crippen molar-refractivity contribution in [1.29, 1.82) is 0 Å². The first-order valence-corrected chi connectivity index (χ1v) is 13.3. The van der Waals surface area contributed by atoms with Crippen molar-refractivity contribution in [3.63, 3.8) is 0 Å². The van der Waals surface area contributed by atoms with Crippen molar-refractivity contribution in [2.24, 2.45) is 16.7 Å². The molecule has 35 heavy (non-hydrogen) atoms. The Bertz CT molecular complexity index is 1130. The summed E-state index contributed by atoms with van der Waals surface area (Å²) in [6.45, 7) is 8.25. The number of benzene rings is 1. The number of hydrogen-bond donors (Lipinski definition) is 1. The standard InChI is InChI=1S/C30H37NO4/c1-20-25-22(32)11-7-8-12-24-28-13-14-30(26(35-25)29(20,28)15-16-31(24)3)23(18-28)27(2,33-19-34-30)17-21-9-5-4-6-10-21/h4-7,9-11,23-24,26,32H,1,8,12-19H2,2-3H3/b11-7-,25-22-/t23-,24-,26-,27+,28-,29+,30-/m1/s1. The van der Waals surface area contributed by atoms with Crippen molar-refractivity contribution >= 4 is 0 Å². The molecule has 5 nitrogen and oxygen atoms in total. The molecule has 3 saturated heterocycles. The molecule has 3 aliphatic heterocycles. The molecule has 0 aromatic heterocycles. The summed E-state index contributed by atoms with van der Waals surface area (Å²) in [5.41, 5.74) is 1.32. The fourth-order valence-electron chi connectivity index (χ4n) is 9.51. The molecule has 8 rings (SSSR count). The van der Waals surface area contributed by atoms with E-state index in [1.54, 1.807) is 0 Å². The van der Waals surface area contributed by atoms with Crippen LogP contribution in [0.2, 0.25) is 0 Å². The Labute approximate surface area is 208 Å². The van der Waals surface area contributed by atoms with Crippen molar-refractivity contribution in [3.05, 3.63) is 71.7 Å². The molecule has 1 aromatic carbocycles. The van der Waals surface area contributed by atoms with Gasteiger partial charge in [-0.25, -0.2) is 0 Å². The number of rotatable bonds is 2. The lowest BCUT2D eigenvalue weighted by atomic mass is 9.35. The van der Waals surface area contributed by atoms with Gasteiger partial charge in [-0.3, -0.25) is 0 Å². The summed E-state index contributed by atoms with van der Waals surface area (Å²) in [5.74, 6) is 1.02. The van der Waals surface area contributed by atoms with E-state index in [1.165, 1.54) is 5.56 Å². The quantitative estimate of drug-likeness (QED) is 0.629. The Morgan fingerprint density at radius 3 is 2.80 bits per heavy atom. The number of ether oxygens (including phenoxy) is 3. The average molecular weight is 476 g/mol. The van der Waals surface area contributed by atoms with E-state index in [9.17, 15) is 5.11 Å². The highest BCUT2D eigenvalue weighted by Gasteiger charge is 2.81. The highest BCUT2D eigenvalue weighted by Crippen LogP contribution is 2.77. The van der Waals surface area contributed by atoms with Crippen LogP contribution in [0, 0.1) is 16.7 Å². The molecule has 3 heterocycles. The van der Waals surface area contributed by atoms with E-state index in [-0.39, 0.29) is 41.0 Å². The van der Waals surface area contributed by atoms with Crippen LogP contribution in [0.5, 0.6) is 0 Å². The largest absolute Gasteiger partial charge is 0.504 e. The van der Waals surface area contributed by atoms with Gasteiger partial charge in [0, 0.05) is 29.4 Å². The maximum atomic E-state index is 11.1. The zero-order valence-electron chi connectivity index (χ0n) is 21.0. The number of aliphatic hydroxyl groups is 1. The van der Waals surface area contributed by atoms with Gasteiger partial charge in [-0.1, -0.05) is 43.0 Å². The zero-order valence-corrected chi connectivity index (χ0v) is 21.0. The summed E-state index contributed by atoms with van der Waals surface area (Å²) in [6.07, 6.45) is 10.8. The zero-order chi connectivity index (χ0) is 24.1. The van der Waals surface area contributed by atoms with Crippen LogP contribution in [0.1, 0.15) is 51.0 Å². The first-order valence-electron chi connectivity index (χ1n) is 13.3. The molecule has 0 radical (unpaired) electrons. The van der Waals surface area contributed by atoms with Gasteiger partial charge in [0.15, 0.2) is 11.5 Å². The molecule has 3 saturated carbocycles. The number of nitrogens with zero attached hydrogens (tertiary/aromatic N) is 1. The molecule has 1 N–H and O–H groups in total. The fourth-order valence-corrected chi connectivity index (χ4v) is 9.51.